The van der Waals surface area contributed by atoms with Crippen molar-refractivity contribution >= 4 is 23.8 Å². The van der Waals surface area contributed by atoms with Crippen LogP contribution in [0.2, 0.25) is 0 Å². The van der Waals surface area contributed by atoms with E-state index in [-0.39, 0.29) is 11.4 Å². The molecular weight excluding hydrogens is 494 g/mol. The Morgan fingerprint density at radius 3 is 2.24 bits per heavy atom. The Kier molecular flexibility index (Phi) is 9.75. The molecule has 0 radical (unpaired) electrons. The normalized spacial score (nSPS) is 11.4. The largest absolute Gasteiger partial charge is 0.494 e. The highest BCUT2D eigenvalue weighted by molar-refractivity contribution is 5.92. The molecule has 0 aliphatic carbocycles. The number of esters is 1. The Labute approximate surface area is 219 Å². The monoisotopic (exact) mass is 521 g/mol. The number of hydrazone groups is 1. The third-order valence-corrected chi connectivity index (χ3v) is 4.99. The molecule has 0 fully saturated rings. The first-order chi connectivity index (χ1) is 18.3. The van der Waals surface area contributed by atoms with Crippen LogP contribution in [0.3, 0.4) is 0 Å². The molecule has 0 aromatic heterocycles. The fourth-order valence-electron chi connectivity index (χ4n) is 3.14. The van der Waals surface area contributed by atoms with Gasteiger partial charge in [-0.3, -0.25) is 14.9 Å². The van der Waals surface area contributed by atoms with E-state index in [1.807, 2.05) is 6.92 Å². The summed E-state index contributed by atoms with van der Waals surface area (Å²) in [5.41, 5.74) is 3.23. The van der Waals surface area contributed by atoms with E-state index in [0.29, 0.717) is 41.6 Å². The molecule has 0 spiro atoms. The Morgan fingerprint density at radius 1 is 0.947 bits per heavy atom. The Hall–Kier alpha value is -4.93. The number of hydrogen-bond donors (Lipinski definition) is 1. The minimum Gasteiger partial charge on any atom is -0.494 e. The lowest BCUT2D eigenvalue weighted by molar-refractivity contribution is -0.384. The van der Waals surface area contributed by atoms with Crippen molar-refractivity contribution in [2.45, 2.75) is 26.9 Å². The number of nitro groups is 1. The molecule has 1 N–H and O–H groups in total. The van der Waals surface area contributed by atoms with Crippen LogP contribution in [0, 0.1) is 10.1 Å². The van der Waals surface area contributed by atoms with Gasteiger partial charge in [0.05, 0.1) is 29.9 Å². The zero-order valence-corrected chi connectivity index (χ0v) is 21.1. The Balaban J connectivity index is 1.60. The van der Waals surface area contributed by atoms with Crippen molar-refractivity contribution < 1.29 is 33.5 Å². The maximum absolute atomic E-state index is 12.6. The number of nitrogens with zero attached hydrogens (tertiary/aromatic N) is 2. The number of ether oxygens (including phenoxy) is 4. The maximum Gasteiger partial charge on any atom is 0.343 e. The van der Waals surface area contributed by atoms with Crippen molar-refractivity contribution in [2.75, 3.05) is 13.2 Å². The van der Waals surface area contributed by atoms with Gasteiger partial charge in [0.1, 0.15) is 11.5 Å². The summed E-state index contributed by atoms with van der Waals surface area (Å²) in [7, 11) is 0. The van der Waals surface area contributed by atoms with Crippen LogP contribution in [-0.4, -0.2) is 42.3 Å². The summed E-state index contributed by atoms with van der Waals surface area (Å²) in [5, 5.41) is 14.7. The van der Waals surface area contributed by atoms with Crippen molar-refractivity contribution in [2.24, 2.45) is 5.10 Å². The molecule has 0 saturated carbocycles. The molecule has 198 valence electrons. The van der Waals surface area contributed by atoms with Crippen LogP contribution in [-0.2, 0) is 4.79 Å². The smallest absolute Gasteiger partial charge is 0.343 e. The molecule has 1 amide bonds. The lowest BCUT2D eigenvalue weighted by atomic mass is 10.2. The van der Waals surface area contributed by atoms with Crippen LogP contribution in [0.4, 0.5) is 5.69 Å². The van der Waals surface area contributed by atoms with Crippen LogP contribution < -0.4 is 24.4 Å². The first-order valence-electron chi connectivity index (χ1n) is 11.8. The molecule has 0 heterocycles. The lowest BCUT2D eigenvalue weighted by Crippen LogP contribution is -2.33. The van der Waals surface area contributed by atoms with E-state index in [4.69, 9.17) is 18.9 Å². The number of carbonyl (C=O) groups excluding carboxylic acids is 2. The van der Waals surface area contributed by atoms with Gasteiger partial charge in [0, 0.05) is 12.1 Å². The molecule has 0 unspecified atom stereocenters. The molecule has 38 heavy (non-hydrogen) atoms. The fraction of sp³-hybridized carbons (Fsp3) is 0.222. The zero-order valence-electron chi connectivity index (χ0n) is 21.1. The molecule has 3 aromatic rings. The van der Waals surface area contributed by atoms with E-state index >= 15 is 0 Å². The maximum atomic E-state index is 12.6. The minimum atomic E-state index is -0.906. The van der Waals surface area contributed by atoms with Crippen molar-refractivity contribution in [3.05, 3.63) is 88.0 Å². The van der Waals surface area contributed by atoms with Gasteiger partial charge in [-0.2, -0.15) is 5.10 Å². The van der Waals surface area contributed by atoms with Gasteiger partial charge in [-0.15, -0.1) is 0 Å². The van der Waals surface area contributed by atoms with Crippen LogP contribution in [0.1, 0.15) is 36.7 Å². The predicted octanol–water partition coefficient (Wildman–Crippen LogP) is 4.53. The first kappa shape index (κ1) is 27.7. The second-order valence-electron chi connectivity index (χ2n) is 7.73. The highest BCUT2D eigenvalue weighted by Gasteiger charge is 2.16. The summed E-state index contributed by atoms with van der Waals surface area (Å²) < 4.78 is 22.0. The van der Waals surface area contributed by atoms with E-state index in [9.17, 15) is 19.7 Å². The molecule has 0 bridgehead atoms. The fourth-order valence-corrected chi connectivity index (χ4v) is 3.14. The molecule has 11 nitrogen and oxygen atoms in total. The van der Waals surface area contributed by atoms with Gasteiger partial charge in [0.15, 0.2) is 17.6 Å². The SMILES string of the molecule is CCOc1ccc(C(=O)Oc2ccc(/C=N\NC(=O)[C@@H](C)Oc3ccc([N+](=O)[O-])cc3)cc2OCC)cc1. The predicted molar refractivity (Wildman–Crippen MR) is 139 cm³/mol. The van der Waals surface area contributed by atoms with Crippen molar-refractivity contribution in [1.29, 1.82) is 0 Å². The summed E-state index contributed by atoms with van der Waals surface area (Å²) in [5.74, 6) is 0.449. The number of nitro benzene ring substituents is 1. The van der Waals surface area contributed by atoms with Gasteiger partial charge in [0.2, 0.25) is 0 Å². The molecule has 0 aliphatic rings. The van der Waals surface area contributed by atoms with Crippen LogP contribution >= 0.6 is 0 Å². The number of rotatable bonds is 12. The van der Waals surface area contributed by atoms with E-state index in [1.54, 1.807) is 49.4 Å². The van der Waals surface area contributed by atoms with Crippen molar-refractivity contribution in [1.82, 2.24) is 5.43 Å². The van der Waals surface area contributed by atoms with E-state index in [0.717, 1.165) is 0 Å². The van der Waals surface area contributed by atoms with Gasteiger partial charge < -0.3 is 18.9 Å². The van der Waals surface area contributed by atoms with Gasteiger partial charge in [0.25, 0.3) is 11.6 Å². The minimum absolute atomic E-state index is 0.0811. The van der Waals surface area contributed by atoms with Crippen LogP contribution in [0.15, 0.2) is 71.8 Å². The summed E-state index contributed by atoms with van der Waals surface area (Å²) in [6.45, 7) is 6.05. The summed E-state index contributed by atoms with van der Waals surface area (Å²) in [4.78, 5) is 35.1. The topological polar surface area (TPSA) is 139 Å². The third kappa shape index (κ3) is 7.79. The van der Waals surface area contributed by atoms with E-state index in [1.165, 1.54) is 37.4 Å². The number of amides is 1. The van der Waals surface area contributed by atoms with Gasteiger partial charge >= 0.3 is 5.97 Å². The zero-order chi connectivity index (χ0) is 27.5. The third-order valence-electron chi connectivity index (χ3n) is 4.99. The average Bonchev–Trinajstić information content (AvgIpc) is 2.91. The Bertz CT molecular complexity index is 1290. The van der Waals surface area contributed by atoms with E-state index in [2.05, 4.69) is 10.5 Å². The summed E-state index contributed by atoms with van der Waals surface area (Å²) in [6.07, 6.45) is 0.494. The van der Waals surface area contributed by atoms with Crippen LogP contribution in [0.5, 0.6) is 23.0 Å². The molecule has 1 atom stereocenters. The average molecular weight is 522 g/mol. The number of hydrogen-bond acceptors (Lipinski definition) is 9. The molecule has 3 rings (SSSR count). The van der Waals surface area contributed by atoms with Crippen LogP contribution in [0.25, 0.3) is 0 Å². The molecule has 11 heteroatoms. The highest BCUT2D eigenvalue weighted by Crippen LogP contribution is 2.29. The standard InChI is InChI=1S/C27H27N3O8/c1-4-35-22-11-7-20(8-12-22)27(32)38-24-15-6-19(16-25(24)36-5-2)17-28-29-26(31)18(3)37-23-13-9-21(10-14-23)30(33)34/h6-18H,4-5H2,1-3H3,(H,29,31)/b28-17-/t18-/m1/s1. The first-order valence-corrected chi connectivity index (χ1v) is 11.8. The molecule has 0 aliphatic heterocycles. The van der Waals surface area contributed by atoms with Crippen molar-refractivity contribution in [3.8, 4) is 23.0 Å². The summed E-state index contributed by atoms with van der Waals surface area (Å²) >= 11 is 0. The van der Waals surface area contributed by atoms with Gasteiger partial charge in [-0.1, -0.05) is 0 Å². The van der Waals surface area contributed by atoms with Gasteiger partial charge in [-0.25, -0.2) is 10.2 Å². The van der Waals surface area contributed by atoms with Crippen molar-refractivity contribution in [3.63, 3.8) is 0 Å². The number of carbonyl (C=O) groups is 2. The summed E-state index contributed by atoms with van der Waals surface area (Å²) in [6, 6.07) is 16.8. The molecular formula is C27H27N3O8. The molecule has 0 saturated heterocycles. The quantitative estimate of drug-likeness (QED) is 0.121. The highest BCUT2D eigenvalue weighted by atomic mass is 16.6. The van der Waals surface area contributed by atoms with Gasteiger partial charge in [-0.05, 0) is 80.9 Å². The number of non-ortho nitro benzene ring substituents is 1. The number of nitrogens with one attached hydrogen (secondary N) is 1. The molecule has 3 aromatic carbocycles. The second-order valence-corrected chi connectivity index (χ2v) is 7.73. The number of benzene rings is 3. The Morgan fingerprint density at radius 2 is 1.61 bits per heavy atom. The second kappa shape index (κ2) is 13.4. The van der Waals surface area contributed by atoms with E-state index < -0.39 is 22.9 Å². The lowest BCUT2D eigenvalue weighted by Gasteiger charge is -2.13.